The number of nitrogens with zero attached hydrogens (tertiary/aromatic N) is 1. The molecular formula is C14H10Br2N2. The molecule has 0 amide bonds. The van der Waals surface area contributed by atoms with E-state index in [-0.39, 0.29) is 0 Å². The van der Waals surface area contributed by atoms with Gasteiger partial charge in [-0.3, -0.25) is 0 Å². The summed E-state index contributed by atoms with van der Waals surface area (Å²) in [5.41, 5.74) is 3.33. The van der Waals surface area contributed by atoms with Crippen molar-refractivity contribution in [1.82, 2.24) is 9.97 Å². The van der Waals surface area contributed by atoms with Crippen LogP contribution in [0.3, 0.4) is 0 Å². The van der Waals surface area contributed by atoms with Gasteiger partial charge in [0.1, 0.15) is 5.82 Å². The number of aromatic nitrogens is 2. The van der Waals surface area contributed by atoms with Gasteiger partial charge in [0.25, 0.3) is 0 Å². The molecule has 3 rings (SSSR count). The predicted molar refractivity (Wildman–Crippen MR) is 80.7 cm³/mol. The minimum absolute atomic E-state index is 0.806. The highest BCUT2D eigenvalue weighted by Gasteiger charge is 2.04. The number of rotatable bonds is 2. The Morgan fingerprint density at radius 3 is 2.61 bits per heavy atom. The lowest BCUT2D eigenvalue weighted by atomic mass is 10.1. The highest BCUT2D eigenvalue weighted by molar-refractivity contribution is 9.13. The third-order valence-corrected chi connectivity index (χ3v) is 4.67. The van der Waals surface area contributed by atoms with Crippen molar-refractivity contribution in [2.75, 3.05) is 0 Å². The first-order valence-electron chi connectivity index (χ1n) is 5.60. The third kappa shape index (κ3) is 2.35. The van der Waals surface area contributed by atoms with E-state index in [0.717, 1.165) is 32.2 Å². The summed E-state index contributed by atoms with van der Waals surface area (Å²) in [6.45, 7) is 0. The van der Waals surface area contributed by atoms with Gasteiger partial charge in [0, 0.05) is 15.4 Å². The fourth-order valence-corrected chi connectivity index (χ4v) is 2.61. The second-order valence-corrected chi connectivity index (χ2v) is 5.83. The summed E-state index contributed by atoms with van der Waals surface area (Å²) in [6, 6.07) is 14.3. The number of hydrogen-bond donors (Lipinski definition) is 1. The number of imidazole rings is 1. The van der Waals surface area contributed by atoms with E-state index in [1.54, 1.807) is 0 Å². The second-order valence-electron chi connectivity index (χ2n) is 4.13. The predicted octanol–water partition coefficient (Wildman–Crippen LogP) is 4.68. The number of benzene rings is 2. The van der Waals surface area contributed by atoms with Crippen molar-refractivity contribution in [1.29, 1.82) is 0 Å². The van der Waals surface area contributed by atoms with Gasteiger partial charge >= 0.3 is 0 Å². The summed E-state index contributed by atoms with van der Waals surface area (Å²) in [5.74, 6) is 0.991. The molecule has 90 valence electrons. The third-order valence-electron chi connectivity index (χ3n) is 2.79. The second kappa shape index (κ2) is 4.86. The van der Waals surface area contributed by atoms with Crippen molar-refractivity contribution >= 4 is 42.9 Å². The molecular weight excluding hydrogens is 356 g/mol. The molecule has 0 aliphatic carbocycles. The Hall–Kier alpha value is -1.13. The molecule has 0 saturated heterocycles. The zero-order valence-electron chi connectivity index (χ0n) is 9.45. The minimum Gasteiger partial charge on any atom is -0.342 e. The van der Waals surface area contributed by atoms with Crippen molar-refractivity contribution in [3.63, 3.8) is 0 Å². The summed E-state index contributed by atoms with van der Waals surface area (Å²) >= 11 is 6.99. The number of nitrogens with one attached hydrogen (secondary N) is 1. The summed E-state index contributed by atoms with van der Waals surface area (Å²) in [5, 5.41) is 0. The quantitative estimate of drug-likeness (QED) is 0.701. The van der Waals surface area contributed by atoms with Crippen LogP contribution in [0.25, 0.3) is 11.0 Å². The Morgan fingerprint density at radius 1 is 1.00 bits per heavy atom. The van der Waals surface area contributed by atoms with Crippen LogP contribution in [0.2, 0.25) is 0 Å². The number of aromatic amines is 1. The van der Waals surface area contributed by atoms with Gasteiger partial charge in [-0.1, -0.05) is 18.2 Å². The molecule has 1 N–H and O–H groups in total. The highest BCUT2D eigenvalue weighted by atomic mass is 79.9. The molecule has 1 heterocycles. The van der Waals surface area contributed by atoms with Crippen LogP contribution >= 0.6 is 31.9 Å². The van der Waals surface area contributed by atoms with E-state index in [1.807, 2.05) is 30.3 Å². The van der Waals surface area contributed by atoms with Gasteiger partial charge < -0.3 is 4.98 Å². The maximum Gasteiger partial charge on any atom is 0.111 e. The molecule has 0 radical (unpaired) electrons. The van der Waals surface area contributed by atoms with Crippen molar-refractivity contribution < 1.29 is 0 Å². The Labute approximate surface area is 122 Å². The topological polar surface area (TPSA) is 28.7 Å². The summed E-state index contributed by atoms with van der Waals surface area (Å²) < 4.78 is 2.13. The number of hydrogen-bond acceptors (Lipinski definition) is 1. The van der Waals surface area contributed by atoms with E-state index in [1.165, 1.54) is 5.56 Å². The van der Waals surface area contributed by atoms with Crippen LogP contribution in [0, 0.1) is 0 Å². The highest BCUT2D eigenvalue weighted by Crippen LogP contribution is 2.24. The van der Waals surface area contributed by atoms with Crippen LogP contribution in [0.15, 0.2) is 51.4 Å². The smallest absolute Gasteiger partial charge is 0.111 e. The van der Waals surface area contributed by atoms with Crippen molar-refractivity contribution in [3.05, 3.63) is 62.8 Å². The van der Waals surface area contributed by atoms with E-state index in [2.05, 4.69) is 54.0 Å². The standard InChI is InChI=1S/C14H10Br2N2/c15-10-6-5-9(7-11(10)16)8-14-17-12-3-1-2-4-13(12)18-14/h1-7H,8H2,(H,17,18). The Kier molecular flexibility index (Phi) is 3.22. The van der Waals surface area contributed by atoms with E-state index >= 15 is 0 Å². The molecule has 0 unspecified atom stereocenters. The largest absolute Gasteiger partial charge is 0.342 e. The molecule has 0 atom stereocenters. The first-order chi connectivity index (χ1) is 8.72. The molecule has 0 aliphatic heterocycles. The summed E-state index contributed by atoms with van der Waals surface area (Å²) in [4.78, 5) is 7.92. The van der Waals surface area contributed by atoms with Crippen molar-refractivity contribution in [2.24, 2.45) is 0 Å². The van der Waals surface area contributed by atoms with Crippen LogP contribution in [0.1, 0.15) is 11.4 Å². The van der Waals surface area contributed by atoms with Gasteiger partial charge in [0.2, 0.25) is 0 Å². The lowest BCUT2D eigenvalue weighted by Crippen LogP contribution is -1.90. The number of H-pyrrole nitrogens is 1. The molecule has 0 fully saturated rings. The Balaban J connectivity index is 1.93. The van der Waals surface area contributed by atoms with Crippen molar-refractivity contribution in [3.8, 4) is 0 Å². The molecule has 2 nitrogen and oxygen atoms in total. The first kappa shape index (κ1) is 11.9. The zero-order valence-corrected chi connectivity index (χ0v) is 12.6. The average Bonchev–Trinajstić information content (AvgIpc) is 2.76. The molecule has 4 heteroatoms. The lowest BCUT2D eigenvalue weighted by molar-refractivity contribution is 1.04. The maximum atomic E-state index is 4.58. The lowest BCUT2D eigenvalue weighted by Gasteiger charge is -2.01. The van der Waals surface area contributed by atoms with E-state index in [9.17, 15) is 0 Å². The van der Waals surface area contributed by atoms with E-state index < -0.39 is 0 Å². The molecule has 1 aromatic heterocycles. The van der Waals surface area contributed by atoms with Crippen LogP contribution in [0.4, 0.5) is 0 Å². The normalized spacial score (nSPS) is 11.0. The van der Waals surface area contributed by atoms with Gasteiger partial charge in [0.15, 0.2) is 0 Å². The zero-order chi connectivity index (χ0) is 12.5. The molecule has 0 bridgehead atoms. The van der Waals surface area contributed by atoms with Gasteiger partial charge in [-0.25, -0.2) is 4.98 Å². The molecule has 0 aliphatic rings. The Bertz CT molecular complexity index is 671. The first-order valence-corrected chi connectivity index (χ1v) is 7.18. The molecule has 0 spiro atoms. The van der Waals surface area contributed by atoms with Crippen molar-refractivity contribution in [2.45, 2.75) is 6.42 Å². The molecule has 2 aromatic carbocycles. The van der Waals surface area contributed by atoms with Gasteiger partial charge in [-0.2, -0.15) is 0 Å². The average molecular weight is 366 g/mol. The van der Waals surface area contributed by atoms with Gasteiger partial charge in [-0.15, -0.1) is 0 Å². The van der Waals surface area contributed by atoms with Crippen LogP contribution in [0.5, 0.6) is 0 Å². The van der Waals surface area contributed by atoms with Gasteiger partial charge in [0.05, 0.1) is 11.0 Å². The monoisotopic (exact) mass is 364 g/mol. The number of halogens is 2. The molecule has 3 aromatic rings. The Morgan fingerprint density at radius 2 is 1.83 bits per heavy atom. The summed E-state index contributed by atoms with van der Waals surface area (Å²) in [6.07, 6.45) is 0.806. The minimum atomic E-state index is 0.806. The van der Waals surface area contributed by atoms with Crippen LogP contribution in [-0.4, -0.2) is 9.97 Å². The molecule has 18 heavy (non-hydrogen) atoms. The van der Waals surface area contributed by atoms with E-state index in [4.69, 9.17) is 0 Å². The molecule has 0 saturated carbocycles. The van der Waals surface area contributed by atoms with Crippen LogP contribution in [-0.2, 0) is 6.42 Å². The number of para-hydroxylation sites is 2. The van der Waals surface area contributed by atoms with Crippen LogP contribution < -0.4 is 0 Å². The summed E-state index contributed by atoms with van der Waals surface area (Å²) in [7, 11) is 0. The number of fused-ring (bicyclic) bond motifs is 1. The van der Waals surface area contributed by atoms with E-state index in [0.29, 0.717) is 0 Å². The maximum absolute atomic E-state index is 4.58. The SMILES string of the molecule is Brc1ccc(Cc2nc3ccccc3[nH]2)cc1Br. The van der Waals surface area contributed by atoms with Gasteiger partial charge in [-0.05, 0) is 61.7 Å². The fourth-order valence-electron chi connectivity index (χ4n) is 1.93. The fraction of sp³-hybridized carbons (Fsp3) is 0.0714.